The maximum atomic E-state index is 5.51. The van der Waals surface area contributed by atoms with E-state index in [1.165, 1.54) is 0 Å². The van der Waals surface area contributed by atoms with Crippen LogP contribution in [0.5, 0.6) is 0 Å². The van der Waals surface area contributed by atoms with Crippen molar-refractivity contribution < 1.29 is 9.15 Å². The van der Waals surface area contributed by atoms with Crippen molar-refractivity contribution in [3.05, 3.63) is 17.3 Å². The number of rotatable bonds is 6. The number of hydrogen-bond acceptors (Lipinski definition) is 4. The smallest absolute Gasteiger partial charge is 0.216 e. The van der Waals surface area contributed by atoms with Gasteiger partial charge in [0.2, 0.25) is 5.89 Å². The monoisotopic (exact) mass is 410 g/mol. The Bertz CT molecular complexity index is 438. The SMILES string of the molecule is CCNC(=NCc1nc(C)c(C)o1)NCC(C)(C)OC.I. The highest BCUT2D eigenvalue weighted by atomic mass is 127. The van der Waals surface area contributed by atoms with Gasteiger partial charge >= 0.3 is 0 Å². The van der Waals surface area contributed by atoms with Crippen LogP contribution in [0.1, 0.15) is 38.1 Å². The molecule has 0 aromatic carbocycles. The van der Waals surface area contributed by atoms with Crippen molar-refractivity contribution in [2.24, 2.45) is 4.99 Å². The van der Waals surface area contributed by atoms with Crippen LogP contribution in [-0.2, 0) is 11.3 Å². The van der Waals surface area contributed by atoms with Crippen LogP contribution in [-0.4, -0.2) is 36.7 Å². The van der Waals surface area contributed by atoms with Crippen molar-refractivity contribution in [1.82, 2.24) is 15.6 Å². The van der Waals surface area contributed by atoms with Gasteiger partial charge in [-0.05, 0) is 34.6 Å². The zero-order chi connectivity index (χ0) is 15.2. The Labute approximate surface area is 144 Å². The number of nitrogens with zero attached hydrogens (tertiary/aromatic N) is 2. The lowest BCUT2D eigenvalue weighted by Gasteiger charge is -2.24. The van der Waals surface area contributed by atoms with Gasteiger partial charge in [0, 0.05) is 20.2 Å². The summed E-state index contributed by atoms with van der Waals surface area (Å²) in [5.74, 6) is 2.20. The van der Waals surface area contributed by atoms with Gasteiger partial charge in [-0.3, -0.25) is 0 Å². The van der Waals surface area contributed by atoms with Gasteiger partial charge in [-0.2, -0.15) is 0 Å². The van der Waals surface area contributed by atoms with Gasteiger partial charge in [0.05, 0.1) is 11.3 Å². The topological polar surface area (TPSA) is 71.7 Å². The first-order valence-corrected chi connectivity index (χ1v) is 6.88. The fourth-order valence-corrected chi connectivity index (χ4v) is 1.46. The quantitative estimate of drug-likeness (QED) is 0.428. The third-order valence-electron chi connectivity index (χ3n) is 3.02. The Morgan fingerprint density at radius 2 is 2.00 bits per heavy atom. The zero-order valence-corrected chi connectivity index (χ0v) is 16.1. The predicted molar refractivity (Wildman–Crippen MR) is 95.3 cm³/mol. The maximum Gasteiger partial charge on any atom is 0.216 e. The van der Waals surface area contributed by atoms with E-state index in [2.05, 4.69) is 20.6 Å². The number of aliphatic imine (C=N–C) groups is 1. The first kappa shape index (κ1) is 20.2. The highest BCUT2D eigenvalue weighted by Crippen LogP contribution is 2.09. The van der Waals surface area contributed by atoms with Crippen LogP contribution in [0.25, 0.3) is 0 Å². The second kappa shape index (κ2) is 9.24. The average Bonchev–Trinajstić information content (AvgIpc) is 2.72. The molecule has 7 heteroatoms. The Morgan fingerprint density at radius 3 is 2.48 bits per heavy atom. The maximum absolute atomic E-state index is 5.51. The molecule has 0 bridgehead atoms. The summed E-state index contributed by atoms with van der Waals surface area (Å²) in [5.41, 5.74) is 0.667. The van der Waals surface area contributed by atoms with Crippen molar-refractivity contribution in [3.63, 3.8) is 0 Å². The zero-order valence-electron chi connectivity index (χ0n) is 13.7. The lowest BCUT2D eigenvalue weighted by molar-refractivity contribution is 0.0268. The Balaban J connectivity index is 0.00000400. The molecule has 0 fully saturated rings. The van der Waals surface area contributed by atoms with E-state index in [-0.39, 0.29) is 29.6 Å². The summed E-state index contributed by atoms with van der Waals surface area (Å²) >= 11 is 0. The van der Waals surface area contributed by atoms with E-state index in [9.17, 15) is 0 Å². The fraction of sp³-hybridized carbons (Fsp3) is 0.714. The van der Waals surface area contributed by atoms with E-state index >= 15 is 0 Å². The Hall–Kier alpha value is -0.830. The van der Waals surface area contributed by atoms with Crippen LogP contribution < -0.4 is 10.6 Å². The third-order valence-corrected chi connectivity index (χ3v) is 3.02. The molecule has 0 spiro atoms. The van der Waals surface area contributed by atoms with Crippen molar-refractivity contribution in [3.8, 4) is 0 Å². The first-order chi connectivity index (χ1) is 9.38. The molecule has 0 atom stereocenters. The van der Waals surface area contributed by atoms with Crippen molar-refractivity contribution in [2.45, 2.75) is 46.8 Å². The largest absolute Gasteiger partial charge is 0.444 e. The molecule has 2 N–H and O–H groups in total. The third kappa shape index (κ3) is 7.12. The molecule has 0 saturated carbocycles. The predicted octanol–water partition coefficient (Wildman–Crippen LogP) is 2.39. The van der Waals surface area contributed by atoms with Gasteiger partial charge in [-0.15, -0.1) is 24.0 Å². The number of aryl methyl sites for hydroxylation is 2. The molecule has 0 radical (unpaired) electrons. The molecule has 0 unspecified atom stereocenters. The number of hydrogen-bond donors (Lipinski definition) is 2. The van der Waals surface area contributed by atoms with Crippen LogP contribution in [0, 0.1) is 13.8 Å². The highest BCUT2D eigenvalue weighted by molar-refractivity contribution is 14.0. The molecule has 1 heterocycles. The van der Waals surface area contributed by atoms with Gasteiger partial charge < -0.3 is 19.8 Å². The summed E-state index contributed by atoms with van der Waals surface area (Å²) in [6.07, 6.45) is 0. The van der Waals surface area contributed by atoms with E-state index in [1.807, 2.05) is 34.6 Å². The molecule has 1 aromatic rings. The second-order valence-corrected chi connectivity index (χ2v) is 5.26. The summed E-state index contributed by atoms with van der Waals surface area (Å²) in [6, 6.07) is 0. The number of nitrogens with one attached hydrogen (secondary N) is 2. The molecule has 0 amide bonds. The van der Waals surface area contributed by atoms with E-state index in [0.29, 0.717) is 19.0 Å². The van der Waals surface area contributed by atoms with Gasteiger partial charge in [-0.25, -0.2) is 9.98 Å². The normalized spacial score (nSPS) is 12.0. The van der Waals surface area contributed by atoms with Crippen LogP contribution in [0.15, 0.2) is 9.41 Å². The van der Waals surface area contributed by atoms with Crippen LogP contribution in [0.2, 0.25) is 0 Å². The Kier molecular flexibility index (Phi) is 8.88. The number of aromatic nitrogens is 1. The van der Waals surface area contributed by atoms with E-state index in [0.717, 1.165) is 24.0 Å². The fourth-order valence-electron chi connectivity index (χ4n) is 1.46. The summed E-state index contributed by atoms with van der Waals surface area (Å²) in [6.45, 7) is 11.8. The minimum absolute atomic E-state index is 0. The number of oxazole rings is 1. The van der Waals surface area contributed by atoms with Crippen LogP contribution in [0.4, 0.5) is 0 Å². The molecule has 122 valence electrons. The molecular weight excluding hydrogens is 383 g/mol. The van der Waals surface area contributed by atoms with Crippen molar-refractivity contribution in [1.29, 1.82) is 0 Å². The molecule has 0 aliphatic heterocycles. The van der Waals surface area contributed by atoms with Gasteiger partial charge in [0.25, 0.3) is 0 Å². The van der Waals surface area contributed by atoms with Crippen LogP contribution >= 0.6 is 24.0 Å². The van der Waals surface area contributed by atoms with E-state index in [4.69, 9.17) is 9.15 Å². The van der Waals surface area contributed by atoms with E-state index < -0.39 is 0 Å². The summed E-state index contributed by atoms with van der Waals surface area (Å²) < 4.78 is 10.9. The van der Waals surface area contributed by atoms with Crippen LogP contribution in [0.3, 0.4) is 0 Å². The highest BCUT2D eigenvalue weighted by Gasteiger charge is 2.16. The number of guanidine groups is 1. The number of methoxy groups -OCH3 is 1. The molecule has 0 saturated heterocycles. The second-order valence-electron chi connectivity index (χ2n) is 5.26. The molecule has 6 nitrogen and oxygen atoms in total. The van der Waals surface area contributed by atoms with Gasteiger partial charge in [0.1, 0.15) is 12.3 Å². The van der Waals surface area contributed by atoms with Crippen molar-refractivity contribution in [2.75, 3.05) is 20.2 Å². The van der Waals surface area contributed by atoms with Gasteiger partial charge in [-0.1, -0.05) is 0 Å². The molecular formula is C14H27IN4O2. The standard InChI is InChI=1S/C14H26N4O2.HI/c1-7-15-13(17-9-14(4,5)19-6)16-8-12-18-10(2)11(3)20-12;/h7-9H2,1-6H3,(H2,15,16,17);1H. The summed E-state index contributed by atoms with van der Waals surface area (Å²) in [7, 11) is 1.70. The molecule has 21 heavy (non-hydrogen) atoms. The molecule has 0 aliphatic carbocycles. The van der Waals surface area contributed by atoms with Crippen molar-refractivity contribution >= 4 is 29.9 Å². The average molecular weight is 410 g/mol. The first-order valence-electron chi connectivity index (χ1n) is 6.88. The molecule has 1 rings (SSSR count). The molecule has 1 aromatic heterocycles. The van der Waals surface area contributed by atoms with Gasteiger partial charge in [0.15, 0.2) is 5.96 Å². The minimum atomic E-state index is -0.244. The summed E-state index contributed by atoms with van der Waals surface area (Å²) in [4.78, 5) is 8.77. The number of halogens is 1. The lowest BCUT2D eigenvalue weighted by atomic mass is 10.1. The summed E-state index contributed by atoms with van der Waals surface area (Å²) in [5, 5.41) is 6.43. The number of ether oxygens (including phenoxy) is 1. The Morgan fingerprint density at radius 1 is 1.33 bits per heavy atom. The lowest BCUT2D eigenvalue weighted by Crippen LogP contribution is -2.45. The molecule has 0 aliphatic rings. The van der Waals surface area contributed by atoms with E-state index in [1.54, 1.807) is 7.11 Å². The minimum Gasteiger partial charge on any atom is -0.444 e.